The maximum Gasteiger partial charge on any atom is 0.231 e. The van der Waals surface area contributed by atoms with Gasteiger partial charge in [0.2, 0.25) is 6.79 Å². The van der Waals surface area contributed by atoms with Crippen LogP contribution in [-0.2, 0) is 6.54 Å². The van der Waals surface area contributed by atoms with Gasteiger partial charge in [0.25, 0.3) is 0 Å². The van der Waals surface area contributed by atoms with Crippen molar-refractivity contribution in [2.75, 3.05) is 6.79 Å². The van der Waals surface area contributed by atoms with Crippen molar-refractivity contribution >= 4 is 28.3 Å². The summed E-state index contributed by atoms with van der Waals surface area (Å²) in [6.45, 7) is 0.888. The normalized spacial score (nSPS) is 12.6. The minimum Gasteiger partial charge on any atom is -0.454 e. The summed E-state index contributed by atoms with van der Waals surface area (Å²) < 4.78 is 10.7. The molecule has 0 spiro atoms. The monoisotopic (exact) mass is 229 g/mol. The van der Waals surface area contributed by atoms with Gasteiger partial charge < -0.3 is 14.8 Å². The van der Waals surface area contributed by atoms with Gasteiger partial charge in [0.05, 0.1) is 0 Å². The Hall–Kier alpha value is -1.00. The lowest BCUT2D eigenvalue weighted by Crippen LogP contribution is -2.14. The van der Waals surface area contributed by atoms with E-state index in [0.717, 1.165) is 17.1 Å². The van der Waals surface area contributed by atoms with Crippen molar-refractivity contribution in [3.63, 3.8) is 0 Å². The van der Waals surface area contributed by atoms with E-state index in [-0.39, 0.29) is 4.45 Å². The van der Waals surface area contributed by atoms with Crippen LogP contribution in [0.4, 0.5) is 0 Å². The Morgan fingerprint density at radius 3 is 3.00 bits per heavy atom. The number of fused-ring (bicyclic) bond motifs is 1. The molecule has 1 aliphatic heterocycles. The summed E-state index contributed by atoms with van der Waals surface area (Å²) in [6.07, 6.45) is 0. The third-order valence-electron chi connectivity index (χ3n) is 1.87. The molecule has 14 heavy (non-hydrogen) atoms. The van der Waals surface area contributed by atoms with Crippen molar-refractivity contribution in [1.82, 2.24) is 5.32 Å². The number of rotatable bonds is 2. The van der Waals surface area contributed by atoms with E-state index < -0.39 is 0 Å². The SMILES string of the molecule is S=C(Cl)NCc1ccc2c(c1)OCO2. The van der Waals surface area contributed by atoms with Crippen LogP contribution in [-0.4, -0.2) is 11.2 Å². The lowest BCUT2D eigenvalue weighted by atomic mass is 10.2. The average Bonchev–Trinajstić information content (AvgIpc) is 2.61. The van der Waals surface area contributed by atoms with Crippen molar-refractivity contribution in [3.05, 3.63) is 23.8 Å². The van der Waals surface area contributed by atoms with E-state index in [2.05, 4.69) is 5.32 Å². The van der Waals surface area contributed by atoms with Crippen LogP contribution in [0.15, 0.2) is 18.2 Å². The molecule has 2 rings (SSSR count). The van der Waals surface area contributed by atoms with Crippen LogP contribution in [0.5, 0.6) is 11.5 Å². The van der Waals surface area contributed by atoms with Gasteiger partial charge in [0.1, 0.15) is 0 Å². The van der Waals surface area contributed by atoms with Crippen molar-refractivity contribution < 1.29 is 9.47 Å². The Labute approximate surface area is 92.0 Å². The summed E-state index contributed by atoms with van der Waals surface area (Å²) in [5, 5.41) is 2.85. The highest BCUT2D eigenvalue weighted by Gasteiger charge is 2.12. The van der Waals surface area contributed by atoms with Crippen LogP contribution in [0.2, 0.25) is 0 Å². The third kappa shape index (κ3) is 2.08. The average molecular weight is 230 g/mol. The summed E-state index contributed by atoms with van der Waals surface area (Å²) in [5.74, 6) is 1.55. The molecule has 0 aromatic heterocycles. The third-order valence-corrected chi connectivity index (χ3v) is 2.15. The summed E-state index contributed by atoms with van der Waals surface area (Å²) in [7, 11) is 0. The van der Waals surface area contributed by atoms with E-state index in [9.17, 15) is 0 Å². The molecule has 5 heteroatoms. The molecule has 0 aliphatic carbocycles. The molecule has 74 valence electrons. The molecule has 1 aromatic carbocycles. The second kappa shape index (κ2) is 4.02. The molecule has 0 unspecified atom stereocenters. The zero-order valence-corrected chi connectivity index (χ0v) is 8.82. The van der Waals surface area contributed by atoms with Gasteiger partial charge in [-0.05, 0) is 29.9 Å². The first kappa shape index (κ1) is 9.55. The second-order valence-electron chi connectivity index (χ2n) is 2.81. The fourth-order valence-electron chi connectivity index (χ4n) is 1.22. The molecule has 1 heterocycles. The topological polar surface area (TPSA) is 30.5 Å². The molecule has 0 radical (unpaired) electrons. The minimum atomic E-state index is 0.266. The largest absolute Gasteiger partial charge is 0.454 e. The number of benzene rings is 1. The van der Waals surface area contributed by atoms with Crippen LogP contribution in [0.3, 0.4) is 0 Å². The minimum absolute atomic E-state index is 0.266. The fraction of sp³-hybridized carbons (Fsp3) is 0.222. The second-order valence-corrected chi connectivity index (χ2v) is 3.83. The highest BCUT2D eigenvalue weighted by molar-refractivity contribution is 7.83. The van der Waals surface area contributed by atoms with E-state index in [1.807, 2.05) is 18.2 Å². The summed E-state index contributed by atoms with van der Waals surface area (Å²) in [5.41, 5.74) is 1.05. The Kier molecular flexibility index (Phi) is 2.74. The quantitative estimate of drug-likeness (QED) is 0.478. The molecular weight excluding hydrogens is 222 g/mol. The predicted molar refractivity (Wildman–Crippen MR) is 57.9 cm³/mol. The Morgan fingerprint density at radius 2 is 2.21 bits per heavy atom. The number of hydrogen-bond donors (Lipinski definition) is 1. The molecule has 0 saturated heterocycles. The molecule has 0 bridgehead atoms. The van der Waals surface area contributed by atoms with Crippen LogP contribution >= 0.6 is 23.8 Å². The number of nitrogens with one attached hydrogen (secondary N) is 1. The smallest absolute Gasteiger partial charge is 0.231 e. The van der Waals surface area contributed by atoms with E-state index in [4.69, 9.17) is 33.3 Å². The summed E-state index contributed by atoms with van der Waals surface area (Å²) >= 11 is 10.2. The van der Waals surface area contributed by atoms with Crippen molar-refractivity contribution in [1.29, 1.82) is 0 Å². The molecule has 0 fully saturated rings. The maximum absolute atomic E-state index is 5.51. The highest BCUT2D eigenvalue weighted by atomic mass is 35.5. The standard InChI is InChI=1S/C9H8ClNO2S/c10-9(14)11-4-6-1-2-7-8(3-6)13-5-12-7/h1-3H,4-5H2,(H,11,14). The predicted octanol–water partition coefficient (Wildman–Crippen LogP) is 2.03. The molecule has 3 nitrogen and oxygen atoms in total. The van der Waals surface area contributed by atoms with Crippen molar-refractivity contribution in [2.45, 2.75) is 6.54 Å². The first-order valence-corrected chi connectivity index (χ1v) is 4.86. The van der Waals surface area contributed by atoms with Gasteiger partial charge in [-0.2, -0.15) is 0 Å². The fourth-order valence-corrected chi connectivity index (χ4v) is 1.36. The van der Waals surface area contributed by atoms with E-state index >= 15 is 0 Å². The number of thiocarbonyl (C=S) groups is 1. The van der Waals surface area contributed by atoms with E-state index in [0.29, 0.717) is 13.3 Å². The summed E-state index contributed by atoms with van der Waals surface area (Å²) in [6, 6.07) is 5.72. The zero-order chi connectivity index (χ0) is 9.97. The molecule has 1 aromatic rings. The van der Waals surface area contributed by atoms with Gasteiger partial charge in [-0.1, -0.05) is 17.7 Å². The maximum atomic E-state index is 5.51. The molecular formula is C9H8ClNO2S. The molecule has 0 amide bonds. The highest BCUT2D eigenvalue weighted by Crippen LogP contribution is 2.32. The molecule has 1 aliphatic rings. The van der Waals surface area contributed by atoms with E-state index in [1.54, 1.807) is 0 Å². The first-order valence-electron chi connectivity index (χ1n) is 4.07. The van der Waals surface area contributed by atoms with Gasteiger partial charge in [-0.25, -0.2) is 0 Å². The number of halogens is 1. The molecule has 1 N–H and O–H groups in total. The number of hydrogen-bond acceptors (Lipinski definition) is 3. The first-order chi connectivity index (χ1) is 6.75. The Bertz CT molecular complexity index is 370. The van der Waals surface area contributed by atoms with Crippen LogP contribution in [0.1, 0.15) is 5.56 Å². The van der Waals surface area contributed by atoms with Gasteiger partial charge in [0.15, 0.2) is 15.9 Å². The lowest BCUT2D eigenvalue weighted by Gasteiger charge is -2.03. The van der Waals surface area contributed by atoms with Crippen molar-refractivity contribution in [3.8, 4) is 11.5 Å². The molecule has 0 atom stereocenters. The van der Waals surface area contributed by atoms with Crippen LogP contribution in [0, 0.1) is 0 Å². The van der Waals surface area contributed by atoms with E-state index in [1.165, 1.54) is 0 Å². The van der Waals surface area contributed by atoms with Crippen molar-refractivity contribution in [2.24, 2.45) is 0 Å². The molecule has 0 saturated carbocycles. The van der Waals surface area contributed by atoms with Gasteiger partial charge in [-0.3, -0.25) is 0 Å². The lowest BCUT2D eigenvalue weighted by molar-refractivity contribution is 0.174. The van der Waals surface area contributed by atoms with Gasteiger partial charge in [-0.15, -0.1) is 0 Å². The van der Waals surface area contributed by atoms with Gasteiger partial charge in [0, 0.05) is 6.54 Å². The Morgan fingerprint density at radius 1 is 1.43 bits per heavy atom. The number of ether oxygens (including phenoxy) is 2. The van der Waals surface area contributed by atoms with Gasteiger partial charge >= 0.3 is 0 Å². The van der Waals surface area contributed by atoms with Crippen LogP contribution in [0.25, 0.3) is 0 Å². The van der Waals surface area contributed by atoms with Crippen LogP contribution < -0.4 is 14.8 Å². The summed E-state index contributed by atoms with van der Waals surface area (Å²) in [4.78, 5) is 0. The zero-order valence-electron chi connectivity index (χ0n) is 7.25. The Balaban J connectivity index is 2.09.